The molecule has 1 aliphatic rings. The maximum atomic E-state index is 12.5. The van der Waals surface area contributed by atoms with Crippen molar-refractivity contribution in [1.82, 2.24) is 9.88 Å². The molecule has 5 heteroatoms. The number of rotatable bonds is 3. The van der Waals surface area contributed by atoms with Crippen molar-refractivity contribution in [3.63, 3.8) is 0 Å². The van der Waals surface area contributed by atoms with Crippen LogP contribution in [0.4, 0.5) is 0 Å². The molecule has 1 aromatic heterocycles. The second-order valence-corrected chi connectivity index (χ2v) is 6.22. The van der Waals surface area contributed by atoms with Crippen LogP contribution in [0.25, 0.3) is 6.08 Å². The highest BCUT2D eigenvalue weighted by Crippen LogP contribution is 2.33. The highest BCUT2D eigenvalue weighted by atomic mass is 32.2. The van der Waals surface area contributed by atoms with Crippen LogP contribution in [-0.4, -0.2) is 20.1 Å². The molecule has 1 aliphatic heterocycles. The normalized spacial score (nSPS) is 16.8. The van der Waals surface area contributed by atoms with Crippen LogP contribution < -0.4 is 0 Å². The first kappa shape index (κ1) is 14.0. The molecule has 3 rings (SSSR count). The number of nitrogens with zero attached hydrogens (tertiary/aromatic N) is 2. The fourth-order valence-electron chi connectivity index (χ4n) is 2.02. The predicted molar refractivity (Wildman–Crippen MR) is 89.4 cm³/mol. The number of amides is 1. The van der Waals surface area contributed by atoms with Gasteiger partial charge in [-0.2, -0.15) is 0 Å². The third-order valence-electron chi connectivity index (χ3n) is 3.04. The molecule has 0 atom stereocenters. The lowest BCUT2D eigenvalue weighted by molar-refractivity contribution is -0.122. The number of hydrogen-bond acceptors (Lipinski definition) is 4. The summed E-state index contributed by atoms with van der Waals surface area (Å²) in [5.74, 6) is -0.0438. The molecule has 0 spiro atoms. The zero-order valence-corrected chi connectivity index (χ0v) is 12.7. The summed E-state index contributed by atoms with van der Waals surface area (Å²) in [5, 5.41) is 0. The molecule has 0 bridgehead atoms. The van der Waals surface area contributed by atoms with Gasteiger partial charge in [0.05, 0.1) is 11.4 Å². The SMILES string of the molecule is O=C1/C(=C/c2cccnc2)SC(=S)N1Cc1ccccc1. The van der Waals surface area contributed by atoms with Crippen LogP contribution in [0.5, 0.6) is 0 Å². The molecule has 0 unspecified atom stereocenters. The third-order valence-corrected chi connectivity index (χ3v) is 4.42. The summed E-state index contributed by atoms with van der Waals surface area (Å²) in [7, 11) is 0. The Kier molecular flexibility index (Phi) is 4.13. The van der Waals surface area contributed by atoms with E-state index < -0.39 is 0 Å². The number of pyridine rings is 1. The van der Waals surface area contributed by atoms with Gasteiger partial charge in [-0.05, 0) is 23.3 Å². The maximum absolute atomic E-state index is 12.5. The standard InChI is InChI=1S/C16H12N2OS2/c19-15-14(9-13-7-4-8-17-10-13)21-16(20)18(15)11-12-5-2-1-3-6-12/h1-10H,11H2/b14-9-. The minimum absolute atomic E-state index is 0.0438. The lowest BCUT2D eigenvalue weighted by Crippen LogP contribution is -2.27. The maximum Gasteiger partial charge on any atom is 0.266 e. The Labute approximate surface area is 132 Å². The highest BCUT2D eigenvalue weighted by Gasteiger charge is 2.31. The molecule has 0 aliphatic carbocycles. The van der Waals surface area contributed by atoms with Crippen LogP contribution in [0.1, 0.15) is 11.1 Å². The van der Waals surface area contributed by atoms with E-state index in [2.05, 4.69) is 4.98 Å². The Hall–Kier alpha value is -1.98. The number of benzene rings is 1. The Bertz CT molecular complexity index is 699. The van der Waals surface area contributed by atoms with E-state index >= 15 is 0 Å². The summed E-state index contributed by atoms with van der Waals surface area (Å²) in [4.78, 5) is 18.8. The van der Waals surface area contributed by atoms with E-state index in [9.17, 15) is 4.79 Å². The van der Waals surface area contributed by atoms with Gasteiger partial charge in [-0.15, -0.1) is 0 Å². The molecule has 2 heterocycles. The van der Waals surface area contributed by atoms with E-state index in [1.54, 1.807) is 17.3 Å². The van der Waals surface area contributed by atoms with E-state index in [0.29, 0.717) is 15.8 Å². The van der Waals surface area contributed by atoms with E-state index in [1.165, 1.54) is 11.8 Å². The number of carbonyl (C=O) groups excluding carboxylic acids is 1. The fraction of sp³-hybridized carbons (Fsp3) is 0.0625. The molecule has 1 fully saturated rings. The minimum Gasteiger partial charge on any atom is -0.288 e. The van der Waals surface area contributed by atoms with Gasteiger partial charge in [-0.25, -0.2) is 0 Å². The van der Waals surface area contributed by atoms with Crippen molar-refractivity contribution in [2.75, 3.05) is 0 Å². The van der Waals surface area contributed by atoms with Crippen molar-refractivity contribution < 1.29 is 4.79 Å². The van der Waals surface area contributed by atoms with Gasteiger partial charge in [0.2, 0.25) is 0 Å². The van der Waals surface area contributed by atoms with Gasteiger partial charge in [0.25, 0.3) is 5.91 Å². The van der Waals surface area contributed by atoms with Crippen LogP contribution in [-0.2, 0) is 11.3 Å². The lowest BCUT2D eigenvalue weighted by Gasteiger charge is -2.14. The molecule has 1 aromatic carbocycles. The molecule has 2 aromatic rings. The zero-order valence-electron chi connectivity index (χ0n) is 11.1. The fourth-order valence-corrected chi connectivity index (χ4v) is 3.27. The van der Waals surface area contributed by atoms with Gasteiger partial charge in [0.1, 0.15) is 4.32 Å². The summed E-state index contributed by atoms with van der Waals surface area (Å²) in [5.41, 5.74) is 1.97. The highest BCUT2D eigenvalue weighted by molar-refractivity contribution is 8.26. The van der Waals surface area contributed by atoms with Gasteiger partial charge >= 0.3 is 0 Å². The average Bonchev–Trinajstić information content (AvgIpc) is 2.77. The summed E-state index contributed by atoms with van der Waals surface area (Å²) in [6.45, 7) is 0.510. The Morgan fingerprint density at radius 3 is 2.71 bits per heavy atom. The summed E-state index contributed by atoms with van der Waals surface area (Å²) in [6, 6.07) is 13.6. The molecule has 0 N–H and O–H groups in total. The lowest BCUT2D eigenvalue weighted by atomic mass is 10.2. The largest absolute Gasteiger partial charge is 0.288 e. The molecule has 3 nitrogen and oxygen atoms in total. The van der Waals surface area contributed by atoms with Gasteiger partial charge < -0.3 is 0 Å². The Balaban J connectivity index is 1.81. The Morgan fingerprint density at radius 1 is 1.19 bits per heavy atom. The van der Waals surface area contributed by atoms with Crippen LogP contribution in [0.3, 0.4) is 0 Å². The van der Waals surface area contributed by atoms with E-state index in [0.717, 1.165) is 11.1 Å². The molecular weight excluding hydrogens is 300 g/mol. The smallest absolute Gasteiger partial charge is 0.266 e. The topological polar surface area (TPSA) is 33.2 Å². The first-order valence-corrected chi connectivity index (χ1v) is 7.66. The molecule has 0 radical (unpaired) electrons. The summed E-state index contributed by atoms with van der Waals surface area (Å²) < 4.78 is 0.596. The van der Waals surface area contributed by atoms with Crippen molar-refractivity contribution in [3.05, 3.63) is 70.9 Å². The van der Waals surface area contributed by atoms with Crippen molar-refractivity contribution in [2.45, 2.75) is 6.54 Å². The number of thiocarbonyl (C=S) groups is 1. The second-order valence-electron chi connectivity index (χ2n) is 4.54. The zero-order chi connectivity index (χ0) is 14.7. The third kappa shape index (κ3) is 3.20. The van der Waals surface area contributed by atoms with Gasteiger partial charge in [-0.3, -0.25) is 14.7 Å². The number of carbonyl (C=O) groups is 1. The van der Waals surface area contributed by atoms with E-state index in [4.69, 9.17) is 12.2 Å². The van der Waals surface area contributed by atoms with Gasteiger partial charge in [-0.1, -0.05) is 60.4 Å². The van der Waals surface area contributed by atoms with Crippen LogP contribution in [0.2, 0.25) is 0 Å². The molecule has 1 amide bonds. The summed E-state index contributed by atoms with van der Waals surface area (Å²) >= 11 is 6.66. The van der Waals surface area contributed by atoms with Crippen molar-refractivity contribution >= 4 is 40.3 Å². The monoisotopic (exact) mass is 312 g/mol. The number of thioether (sulfide) groups is 1. The Morgan fingerprint density at radius 2 is 2.00 bits per heavy atom. The number of aromatic nitrogens is 1. The van der Waals surface area contributed by atoms with Crippen molar-refractivity contribution in [1.29, 1.82) is 0 Å². The number of hydrogen-bond donors (Lipinski definition) is 0. The molecular formula is C16H12N2OS2. The van der Waals surface area contributed by atoms with Crippen LogP contribution in [0.15, 0.2) is 59.8 Å². The molecule has 1 saturated heterocycles. The summed E-state index contributed by atoms with van der Waals surface area (Å²) in [6.07, 6.45) is 5.26. The van der Waals surface area contributed by atoms with E-state index in [1.807, 2.05) is 48.5 Å². The van der Waals surface area contributed by atoms with E-state index in [-0.39, 0.29) is 5.91 Å². The first-order chi connectivity index (χ1) is 10.2. The van der Waals surface area contributed by atoms with Crippen molar-refractivity contribution in [2.24, 2.45) is 0 Å². The average molecular weight is 312 g/mol. The second kappa shape index (κ2) is 6.20. The minimum atomic E-state index is -0.0438. The molecule has 104 valence electrons. The quantitative estimate of drug-likeness (QED) is 0.642. The van der Waals surface area contributed by atoms with Gasteiger partial charge in [0.15, 0.2) is 0 Å². The molecule has 0 saturated carbocycles. The van der Waals surface area contributed by atoms with Gasteiger partial charge in [0, 0.05) is 12.4 Å². The van der Waals surface area contributed by atoms with Crippen LogP contribution >= 0.6 is 24.0 Å². The predicted octanol–water partition coefficient (Wildman–Crippen LogP) is 3.48. The first-order valence-electron chi connectivity index (χ1n) is 6.43. The van der Waals surface area contributed by atoms with Crippen molar-refractivity contribution in [3.8, 4) is 0 Å². The van der Waals surface area contributed by atoms with Crippen LogP contribution in [0, 0.1) is 0 Å². The molecule has 21 heavy (non-hydrogen) atoms.